The van der Waals surface area contributed by atoms with Crippen molar-refractivity contribution in [3.05, 3.63) is 76.2 Å². The summed E-state index contributed by atoms with van der Waals surface area (Å²) in [6.45, 7) is 9.25. The van der Waals surface area contributed by atoms with Gasteiger partial charge in [0.2, 0.25) is 0 Å². The molecule has 1 N–H and O–H groups in total. The third-order valence-electron chi connectivity index (χ3n) is 5.55. The van der Waals surface area contributed by atoms with E-state index < -0.39 is 0 Å². The molecule has 34 heavy (non-hydrogen) atoms. The van der Waals surface area contributed by atoms with Crippen LogP contribution in [0.3, 0.4) is 0 Å². The molecular weight excluding hydrogens is 444 g/mol. The van der Waals surface area contributed by atoms with Gasteiger partial charge in [-0.1, -0.05) is 45.0 Å². The normalized spacial score (nSPS) is 11.3. The molecule has 0 aliphatic heterocycles. The van der Waals surface area contributed by atoms with Gasteiger partial charge in [0, 0.05) is 29.4 Å². The van der Waals surface area contributed by atoms with Crippen LogP contribution < -0.4 is 5.32 Å². The van der Waals surface area contributed by atoms with Gasteiger partial charge in [-0.25, -0.2) is 9.78 Å². The van der Waals surface area contributed by atoms with E-state index >= 15 is 0 Å². The molecule has 0 fully saturated rings. The first-order valence-electron chi connectivity index (χ1n) is 11.5. The number of anilines is 1. The number of rotatable bonds is 11. The largest absolute Gasteiger partial charge is 0.461 e. The Bertz CT molecular complexity index is 1140. The Balaban J connectivity index is 1.60. The molecule has 0 radical (unpaired) electrons. The van der Waals surface area contributed by atoms with E-state index in [1.165, 1.54) is 16.9 Å². The van der Waals surface area contributed by atoms with Crippen molar-refractivity contribution in [2.45, 2.75) is 27.2 Å². The number of aryl methyl sites for hydroxylation is 1. The van der Waals surface area contributed by atoms with Crippen LogP contribution in [0.5, 0.6) is 0 Å². The average Bonchev–Trinajstić information content (AvgIpc) is 3.37. The Kier molecular flexibility index (Phi) is 9.39. The lowest BCUT2D eigenvalue weighted by molar-refractivity contribution is 0.0466. The van der Waals surface area contributed by atoms with Gasteiger partial charge in [-0.05, 0) is 49.3 Å². The molecule has 0 saturated carbocycles. The maximum atomic E-state index is 12.2. The number of esters is 1. The summed E-state index contributed by atoms with van der Waals surface area (Å²) in [5.74, 6) is -0.339. The molecule has 3 rings (SSSR count). The van der Waals surface area contributed by atoms with Crippen molar-refractivity contribution in [3.8, 4) is 17.3 Å². The molecular formula is C27H30N4O2S. The maximum Gasteiger partial charge on any atom is 0.338 e. The summed E-state index contributed by atoms with van der Waals surface area (Å²) < 4.78 is 5.36. The number of allylic oxidation sites excluding steroid dienone is 1. The summed E-state index contributed by atoms with van der Waals surface area (Å²) >= 11 is 1.43. The maximum absolute atomic E-state index is 12.2. The van der Waals surface area contributed by atoms with Gasteiger partial charge in [-0.15, -0.1) is 11.3 Å². The van der Waals surface area contributed by atoms with Crippen LogP contribution in [-0.2, 0) is 11.2 Å². The van der Waals surface area contributed by atoms with Crippen LogP contribution in [0.25, 0.3) is 16.8 Å². The number of hydrogen-bond donors (Lipinski definition) is 1. The Labute approximate surface area is 205 Å². The molecule has 0 amide bonds. The molecule has 0 atom stereocenters. The van der Waals surface area contributed by atoms with Crippen LogP contribution in [-0.4, -0.2) is 42.1 Å². The fourth-order valence-electron chi connectivity index (χ4n) is 3.33. The lowest BCUT2D eigenvalue weighted by atomic mass is 10.1. The number of carbonyl (C=O) groups excluding carboxylic acids is 1. The smallest absolute Gasteiger partial charge is 0.338 e. The molecule has 0 unspecified atom stereocenters. The second kappa shape index (κ2) is 12.7. The third-order valence-corrected chi connectivity index (χ3v) is 6.43. The molecule has 0 saturated heterocycles. The number of ether oxygens (including phenoxy) is 1. The van der Waals surface area contributed by atoms with Crippen molar-refractivity contribution in [2.75, 3.05) is 31.6 Å². The monoisotopic (exact) mass is 474 g/mol. The number of thiazole rings is 1. The Morgan fingerprint density at radius 3 is 2.44 bits per heavy atom. The highest BCUT2D eigenvalue weighted by molar-refractivity contribution is 7.11. The van der Waals surface area contributed by atoms with Crippen LogP contribution in [0, 0.1) is 11.3 Å². The van der Waals surface area contributed by atoms with E-state index in [0.29, 0.717) is 22.8 Å². The van der Waals surface area contributed by atoms with Crippen LogP contribution in [0.1, 0.15) is 41.7 Å². The second-order valence-corrected chi connectivity index (χ2v) is 8.50. The van der Waals surface area contributed by atoms with Crippen LogP contribution >= 0.6 is 11.3 Å². The first-order valence-corrected chi connectivity index (χ1v) is 12.4. The van der Waals surface area contributed by atoms with Crippen molar-refractivity contribution in [1.29, 1.82) is 5.26 Å². The molecule has 6 nitrogen and oxygen atoms in total. The van der Waals surface area contributed by atoms with E-state index in [0.717, 1.165) is 43.0 Å². The van der Waals surface area contributed by atoms with E-state index in [-0.39, 0.29) is 5.97 Å². The predicted molar refractivity (Wildman–Crippen MR) is 139 cm³/mol. The lowest BCUT2D eigenvalue weighted by Gasteiger charge is -2.17. The molecule has 0 aliphatic rings. The van der Waals surface area contributed by atoms with Gasteiger partial charge in [0.15, 0.2) is 0 Å². The number of aromatic nitrogens is 1. The minimum atomic E-state index is -0.339. The van der Waals surface area contributed by atoms with Gasteiger partial charge in [0.05, 0.1) is 11.3 Å². The van der Waals surface area contributed by atoms with Crippen molar-refractivity contribution in [3.63, 3.8) is 0 Å². The standard InChI is InChI=1S/C27H30N4O2S/c1-4-20-7-9-21(10-8-20)25-19-34-26(30-25)23(17-28)18-29-24-13-11-22(12-14-24)27(32)33-16-15-31(5-2)6-3/h7-14,18-19,29H,4-6,15-16H2,1-3H3. The van der Waals surface area contributed by atoms with Gasteiger partial charge < -0.3 is 15.0 Å². The predicted octanol–water partition coefficient (Wildman–Crippen LogP) is 5.85. The SMILES string of the molecule is CCc1ccc(-c2csc(C(C#N)=CNc3ccc(C(=O)OCCN(CC)CC)cc3)n2)cc1. The highest BCUT2D eigenvalue weighted by Gasteiger charge is 2.10. The lowest BCUT2D eigenvalue weighted by Crippen LogP contribution is -2.27. The van der Waals surface area contributed by atoms with Crippen molar-refractivity contribution < 1.29 is 9.53 Å². The summed E-state index contributed by atoms with van der Waals surface area (Å²) in [6.07, 6.45) is 2.63. The number of hydrogen-bond acceptors (Lipinski definition) is 7. The first kappa shape index (κ1) is 25.2. The summed E-state index contributed by atoms with van der Waals surface area (Å²) in [4.78, 5) is 19.1. The minimum Gasteiger partial charge on any atom is -0.461 e. The molecule has 0 bridgehead atoms. The van der Waals surface area contributed by atoms with Gasteiger partial charge in [-0.3, -0.25) is 0 Å². The van der Waals surface area contributed by atoms with Crippen molar-refractivity contribution in [2.24, 2.45) is 0 Å². The third kappa shape index (κ3) is 6.77. The van der Waals surface area contributed by atoms with E-state index in [2.05, 4.69) is 66.3 Å². The minimum absolute atomic E-state index is 0.339. The van der Waals surface area contributed by atoms with Gasteiger partial charge in [0.1, 0.15) is 23.3 Å². The number of nitrogens with one attached hydrogen (secondary N) is 1. The van der Waals surface area contributed by atoms with Crippen molar-refractivity contribution >= 4 is 28.6 Å². The van der Waals surface area contributed by atoms with Gasteiger partial charge in [-0.2, -0.15) is 5.26 Å². The van der Waals surface area contributed by atoms with E-state index in [1.54, 1.807) is 30.5 Å². The zero-order chi connectivity index (χ0) is 24.3. The highest BCUT2D eigenvalue weighted by atomic mass is 32.1. The molecule has 2 aromatic carbocycles. The van der Waals surface area contributed by atoms with E-state index in [9.17, 15) is 10.1 Å². The summed E-state index contributed by atoms with van der Waals surface area (Å²) in [6, 6.07) is 17.5. The summed E-state index contributed by atoms with van der Waals surface area (Å²) in [5.41, 5.74) is 4.87. The number of likely N-dealkylation sites (N-methyl/N-ethyl adjacent to an activating group) is 1. The quantitative estimate of drug-likeness (QED) is 0.278. The van der Waals surface area contributed by atoms with Crippen LogP contribution in [0.2, 0.25) is 0 Å². The Morgan fingerprint density at radius 1 is 1.12 bits per heavy atom. The second-order valence-electron chi connectivity index (χ2n) is 7.64. The highest BCUT2D eigenvalue weighted by Crippen LogP contribution is 2.26. The summed E-state index contributed by atoms with van der Waals surface area (Å²) in [5, 5.41) is 15.4. The molecule has 176 valence electrons. The number of nitrogens with zero attached hydrogens (tertiary/aromatic N) is 3. The Morgan fingerprint density at radius 2 is 1.82 bits per heavy atom. The fraction of sp³-hybridized carbons (Fsp3) is 0.296. The topological polar surface area (TPSA) is 78.2 Å². The van der Waals surface area contributed by atoms with Crippen LogP contribution in [0.4, 0.5) is 5.69 Å². The van der Waals surface area contributed by atoms with Gasteiger partial charge >= 0.3 is 5.97 Å². The average molecular weight is 475 g/mol. The molecule has 0 aliphatic carbocycles. The number of nitriles is 1. The molecule has 1 aromatic heterocycles. The van der Waals surface area contributed by atoms with E-state index in [1.807, 2.05) is 5.38 Å². The number of benzene rings is 2. The molecule has 1 heterocycles. The van der Waals surface area contributed by atoms with Crippen molar-refractivity contribution in [1.82, 2.24) is 9.88 Å². The zero-order valence-electron chi connectivity index (χ0n) is 19.9. The van der Waals surface area contributed by atoms with Gasteiger partial charge in [0.25, 0.3) is 0 Å². The Hall–Kier alpha value is -3.47. The molecule has 0 spiro atoms. The zero-order valence-corrected chi connectivity index (χ0v) is 20.7. The first-order chi connectivity index (χ1) is 16.6. The molecule has 7 heteroatoms. The van der Waals surface area contributed by atoms with E-state index in [4.69, 9.17) is 4.74 Å². The molecule has 3 aromatic rings. The fourth-order valence-corrected chi connectivity index (χ4v) is 4.13. The summed E-state index contributed by atoms with van der Waals surface area (Å²) in [7, 11) is 0. The van der Waals surface area contributed by atoms with Crippen LogP contribution in [0.15, 0.2) is 60.1 Å². The number of carbonyl (C=O) groups is 1.